The van der Waals surface area contributed by atoms with E-state index in [-0.39, 0.29) is 39.6 Å². The second-order valence-corrected chi connectivity index (χ2v) is 11.5. The second-order valence-electron chi connectivity index (χ2n) is 10.8. The van der Waals surface area contributed by atoms with Crippen LogP contribution < -0.4 is 14.8 Å². The SMILES string of the molecule is C=CC(=O)N1C[C@H]2C[C@@H](C1)[C@H]2Oc1cc2c(Nc3ccc(Cl)c(Cl)c3F)ncnc2cc1OC[C@H]1CCCN1C. The maximum absolute atomic E-state index is 14.8. The summed E-state index contributed by atoms with van der Waals surface area (Å²) in [5.41, 5.74) is 0.763. The number of halogens is 3. The van der Waals surface area contributed by atoms with Crippen LogP contribution in [0, 0.1) is 17.7 Å². The fraction of sp³-hybridized carbons (Fsp3) is 0.414. The Balaban J connectivity index is 1.32. The average molecular weight is 586 g/mol. The Hall–Kier alpha value is -3.14. The zero-order valence-corrected chi connectivity index (χ0v) is 23.6. The number of carbonyl (C=O) groups is 1. The number of hydrogen-bond donors (Lipinski definition) is 1. The molecule has 0 unspecified atom stereocenters. The van der Waals surface area contributed by atoms with Crippen LogP contribution in [0.5, 0.6) is 11.5 Å². The Labute approximate surface area is 242 Å². The molecule has 2 aromatic carbocycles. The Morgan fingerprint density at radius 1 is 1.23 bits per heavy atom. The molecule has 7 rings (SSSR count). The number of aromatic nitrogens is 2. The number of rotatable bonds is 8. The number of likely N-dealkylation sites (N-methyl/N-ethyl adjacent to an activating group) is 1. The maximum atomic E-state index is 14.8. The number of fused-ring (bicyclic) bond motifs is 3. The van der Waals surface area contributed by atoms with Crippen molar-refractivity contribution in [2.75, 3.05) is 38.6 Å². The first-order chi connectivity index (χ1) is 19.3. The first-order valence-corrected chi connectivity index (χ1v) is 14.2. The molecule has 1 amide bonds. The first kappa shape index (κ1) is 27.1. The van der Waals surface area contributed by atoms with Gasteiger partial charge in [-0.25, -0.2) is 14.4 Å². The summed E-state index contributed by atoms with van der Waals surface area (Å²) in [6.07, 6.45) is 5.96. The van der Waals surface area contributed by atoms with Crippen molar-refractivity contribution < 1.29 is 18.7 Å². The highest BCUT2D eigenvalue weighted by molar-refractivity contribution is 6.42. The van der Waals surface area contributed by atoms with Crippen molar-refractivity contribution in [2.24, 2.45) is 11.8 Å². The second kappa shape index (κ2) is 11.0. The quantitative estimate of drug-likeness (QED) is 0.268. The fourth-order valence-corrected chi connectivity index (χ4v) is 6.30. The van der Waals surface area contributed by atoms with Crippen LogP contribution >= 0.6 is 23.2 Å². The highest BCUT2D eigenvalue weighted by Crippen LogP contribution is 2.45. The van der Waals surface area contributed by atoms with Crippen molar-refractivity contribution in [1.29, 1.82) is 0 Å². The van der Waals surface area contributed by atoms with Crippen LogP contribution in [-0.4, -0.2) is 71.1 Å². The van der Waals surface area contributed by atoms with E-state index in [2.05, 4.69) is 33.8 Å². The predicted octanol–water partition coefficient (Wildman–Crippen LogP) is 5.70. The molecule has 4 aliphatic rings. The van der Waals surface area contributed by atoms with Crippen molar-refractivity contribution in [3.8, 4) is 11.5 Å². The van der Waals surface area contributed by atoms with Crippen LogP contribution in [0.4, 0.5) is 15.9 Å². The summed E-state index contributed by atoms with van der Waals surface area (Å²) < 4.78 is 27.8. The van der Waals surface area contributed by atoms with Gasteiger partial charge in [-0.3, -0.25) is 4.79 Å². The Morgan fingerprint density at radius 2 is 2.02 bits per heavy atom. The van der Waals surface area contributed by atoms with Crippen LogP contribution in [0.25, 0.3) is 10.9 Å². The van der Waals surface area contributed by atoms with Gasteiger partial charge in [0.25, 0.3) is 0 Å². The molecular weight excluding hydrogens is 556 g/mol. The van der Waals surface area contributed by atoms with Crippen molar-refractivity contribution in [3.05, 3.63) is 59.1 Å². The largest absolute Gasteiger partial charge is 0.488 e. The number of benzene rings is 2. The monoisotopic (exact) mass is 585 g/mol. The summed E-state index contributed by atoms with van der Waals surface area (Å²) in [4.78, 5) is 25.1. The molecule has 2 bridgehead atoms. The number of ether oxygens (including phenoxy) is 2. The van der Waals surface area contributed by atoms with Crippen LogP contribution in [-0.2, 0) is 4.79 Å². The van der Waals surface area contributed by atoms with Crippen LogP contribution in [0.3, 0.4) is 0 Å². The number of hydrogen-bond acceptors (Lipinski definition) is 7. The van der Waals surface area contributed by atoms with Gasteiger partial charge in [-0.2, -0.15) is 0 Å². The van der Waals surface area contributed by atoms with Gasteiger partial charge in [-0.15, -0.1) is 0 Å². The molecule has 4 atom stereocenters. The Bertz CT molecular complexity index is 1460. The molecule has 0 spiro atoms. The van der Waals surface area contributed by atoms with Crippen LogP contribution in [0.15, 0.2) is 43.2 Å². The fourth-order valence-electron chi connectivity index (χ4n) is 5.99. The molecule has 40 heavy (non-hydrogen) atoms. The lowest BCUT2D eigenvalue weighted by Gasteiger charge is -2.52. The molecule has 3 aromatic rings. The minimum Gasteiger partial charge on any atom is -0.488 e. The van der Waals surface area contributed by atoms with Gasteiger partial charge < -0.3 is 24.6 Å². The normalized spacial score (nSPS) is 24.1. The van der Waals surface area contributed by atoms with E-state index in [1.807, 2.05) is 17.0 Å². The average Bonchev–Trinajstić information content (AvgIpc) is 3.38. The van der Waals surface area contributed by atoms with Crippen molar-refractivity contribution >= 4 is 51.5 Å². The predicted molar refractivity (Wildman–Crippen MR) is 153 cm³/mol. The molecule has 1 aliphatic carbocycles. The van der Waals surface area contributed by atoms with E-state index in [0.29, 0.717) is 54.0 Å². The molecule has 4 heterocycles. The molecule has 4 fully saturated rings. The Kier molecular flexibility index (Phi) is 7.46. The highest BCUT2D eigenvalue weighted by Gasteiger charge is 2.49. The summed E-state index contributed by atoms with van der Waals surface area (Å²) in [7, 11) is 2.11. The molecule has 8 nitrogen and oxygen atoms in total. The van der Waals surface area contributed by atoms with Gasteiger partial charge in [-0.05, 0) is 57.1 Å². The molecular formula is C29H30Cl2FN5O3. The van der Waals surface area contributed by atoms with E-state index in [0.717, 1.165) is 25.8 Å². The molecule has 1 aromatic heterocycles. The molecule has 3 saturated heterocycles. The molecule has 11 heteroatoms. The van der Waals surface area contributed by atoms with Gasteiger partial charge in [0, 0.05) is 42.4 Å². The van der Waals surface area contributed by atoms with Gasteiger partial charge >= 0.3 is 0 Å². The van der Waals surface area contributed by atoms with Gasteiger partial charge in [0.1, 0.15) is 24.9 Å². The van der Waals surface area contributed by atoms with Gasteiger partial charge in [0.05, 0.1) is 21.2 Å². The minimum absolute atomic E-state index is 0.0450. The first-order valence-electron chi connectivity index (χ1n) is 13.4. The van der Waals surface area contributed by atoms with E-state index in [9.17, 15) is 9.18 Å². The summed E-state index contributed by atoms with van der Waals surface area (Å²) in [5.74, 6) is 1.30. The third-order valence-electron chi connectivity index (χ3n) is 8.29. The van der Waals surface area contributed by atoms with E-state index >= 15 is 0 Å². The van der Waals surface area contributed by atoms with Crippen LogP contribution in [0.2, 0.25) is 10.0 Å². The van der Waals surface area contributed by atoms with E-state index in [1.165, 1.54) is 24.5 Å². The third kappa shape index (κ3) is 5.06. The van der Waals surface area contributed by atoms with Crippen molar-refractivity contribution in [3.63, 3.8) is 0 Å². The summed E-state index contributed by atoms with van der Waals surface area (Å²) in [6.45, 7) is 6.46. The van der Waals surface area contributed by atoms with Crippen molar-refractivity contribution in [1.82, 2.24) is 19.8 Å². The summed E-state index contributed by atoms with van der Waals surface area (Å²) in [5, 5.41) is 3.63. The number of carbonyl (C=O) groups excluding carboxylic acids is 1. The van der Waals surface area contributed by atoms with Gasteiger partial charge in [-0.1, -0.05) is 29.8 Å². The van der Waals surface area contributed by atoms with Gasteiger partial charge in [0.2, 0.25) is 5.91 Å². The summed E-state index contributed by atoms with van der Waals surface area (Å²) >= 11 is 12.0. The maximum Gasteiger partial charge on any atom is 0.245 e. The molecule has 0 radical (unpaired) electrons. The van der Waals surface area contributed by atoms with Gasteiger partial charge in [0.15, 0.2) is 17.3 Å². The number of likely N-dealkylation sites (tertiary alicyclic amines) is 1. The highest BCUT2D eigenvalue weighted by atomic mass is 35.5. The third-order valence-corrected chi connectivity index (χ3v) is 9.07. The molecule has 210 valence electrons. The number of anilines is 2. The topological polar surface area (TPSA) is 79.8 Å². The van der Waals surface area contributed by atoms with Crippen molar-refractivity contribution in [2.45, 2.75) is 31.4 Å². The zero-order chi connectivity index (χ0) is 28.0. The number of nitrogens with one attached hydrogen (secondary N) is 1. The number of piperidine rings is 2. The molecule has 1 N–H and O–H groups in total. The lowest BCUT2D eigenvalue weighted by atomic mass is 9.68. The smallest absolute Gasteiger partial charge is 0.245 e. The Morgan fingerprint density at radius 3 is 2.75 bits per heavy atom. The lowest BCUT2D eigenvalue weighted by Crippen LogP contribution is -2.61. The zero-order valence-electron chi connectivity index (χ0n) is 22.1. The van der Waals surface area contributed by atoms with E-state index in [4.69, 9.17) is 32.7 Å². The van der Waals surface area contributed by atoms with Crippen LogP contribution in [0.1, 0.15) is 19.3 Å². The lowest BCUT2D eigenvalue weighted by molar-refractivity contribution is -0.142. The minimum atomic E-state index is -0.668. The standard InChI is InChI=1S/C29H30Cl2FN5O3/c1-3-25(38)37-12-16-9-17(13-37)28(16)40-24-10-19-22(11-23(24)39-14-18-5-4-8-36(18)2)33-15-34-29(19)35-21-7-6-20(30)26(31)27(21)32/h3,6-7,10-11,15-18,28H,1,4-5,8-9,12-14H2,2H3,(H,33,34,35)/t16-,17+,18-,28+/m1/s1. The summed E-state index contributed by atoms with van der Waals surface area (Å²) in [6, 6.07) is 7.05. The molecule has 1 saturated carbocycles. The van der Waals surface area contributed by atoms with E-state index < -0.39 is 5.82 Å². The molecule has 3 aliphatic heterocycles. The number of amides is 1. The van der Waals surface area contributed by atoms with E-state index in [1.54, 1.807) is 0 Å². The number of nitrogens with zero attached hydrogens (tertiary/aromatic N) is 4.